The van der Waals surface area contributed by atoms with Crippen molar-refractivity contribution in [3.05, 3.63) is 62.9 Å². The summed E-state index contributed by atoms with van der Waals surface area (Å²) >= 11 is 6.53. The van der Waals surface area contributed by atoms with Crippen LogP contribution in [0.2, 0.25) is 5.02 Å². The second-order valence-electron chi connectivity index (χ2n) is 12.9. The van der Waals surface area contributed by atoms with E-state index in [1.165, 1.54) is 38.5 Å². The number of aromatic amines is 1. The van der Waals surface area contributed by atoms with Crippen molar-refractivity contribution in [2.45, 2.75) is 57.6 Å². The average molecular weight is 668 g/mol. The third kappa shape index (κ3) is 8.84. The van der Waals surface area contributed by atoms with E-state index in [2.05, 4.69) is 20.5 Å². The minimum atomic E-state index is -0.920. The van der Waals surface area contributed by atoms with Crippen molar-refractivity contribution < 1.29 is 24.5 Å². The van der Waals surface area contributed by atoms with E-state index in [0.717, 1.165) is 43.5 Å². The van der Waals surface area contributed by atoms with Crippen LogP contribution in [0.5, 0.6) is 11.5 Å². The van der Waals surface area contributed by atoms with E-state index < -0.39 is 6.10 Å². The normalized spacial score (nSPS) is 18.3. The first kappa shape index (κ1) is 34.7. The fourth-order valence-electron chi connectivity index (χ4n) is 6.95. The molecule has 1 aliphatic carbocycles. The number of likely N-dealkylation sites (tertiary alicyclic amines) is 1. The Bertz CT molecular complexity index is 1620. The molecule has 2 fully saturated rings. The monoisotopic (exact) mass is 667 g/mol. The Labute approximate surface area is 280 Å². The number of carbonyl (C=O) groups excluding carboxylic acids is 2. The maximum atomic E-state index is 12.7. The van der Waals surface area contributed by atoms with Gasteiger partial charge in [-0.1, -0.05) is 24.1 Å². The molecule has 2 heterocycles. The van der Waals surface area contributed by atoms with Gasteiger partial charge in [-0.05, 0) is 61.3 Å². The molecule has 1 saturated carbocycles. The molecule has 3 atom stereocenters. The van der Waals surface area contributed by atoms with Gasteiger partial charge in [-0.3, -0.25) is 14.4 Å². The molecule has 11 nitrogen and oxygen atoms in total. The predicted octanol–water partition coefficient (Wildman–Crippen LogP) is 4.41. The molecule has 2 aromatic carbocycles. The number of fused-ring (bicyclic) bond motifs is 2. The highest BCUT2D eigenvalue weighted by atomic mass is 35.5. The quantitative estimate of drug-likeness (QED) is 0.150. The third-order valence-electron chi connectivity index (χ3n) is 9.58. The number of halogens is 1. The highest BCUT2D eigenvalue weighted by molar-refractivity contribution is 6.33. The van der Waals surface area contributed by atoms with E-state index >= 15 is 0 Å². The molecule has 254 valence electrons. The Morgan fingerprint density at radius 2 is 1.89 bits per heavy atom. The zero-order valence-corrected chi connectivity index (χ0v) is 27.9. The molecule has 1 aliphatic heterocycles. The molecule has 3 aromatic rings. The van der Waals surface area contributed by atoms with Crippen LogP contribution in [-0.2, 0) is 16.1 Å². The number of aliphatic hydroxyl groups excluding tert-OH is 1. The second kappa shape index (κ2) is 16.0. The van der Waals surface area contributed by atoms with Gasteiger partial charge in [-0.15, -0.1) is 0 Å². The summed E-state index contributed by atoms with van der Waals surface area (Å²) in [5, 5.41) is 27.9. The Balaban J connectivity index is 1.04. The number of phenolic OH excluding ortho intramolecular Hbond substituents is 1. The van der Waals surface area contributed by atoms with E-state index in [1.807, 2.05) is 7.05 Å². The molecule has 1 aromatic heterocycles. The molecule has 12 heteroatoms. The number of nitrogens with one attached hydrogen (secondary N) is 3. The minimum absolute atomic E-state index is 0.0720. The molecular weight excluding hydrogens is 622 g/mol. The first-order valence-corrected chi connectivity index (χ1v) is 16.9. The molecule has 2 unspecified atom stereocenters. The van der Waals surface area contributed by atoms with Crippen LogP contribution in [0, 0.1) is 11.8 Å². The molecule has 5 rings (SSSR count). The Kier molecular flexibility index (Phi) is 11.8. The summed E-state index contributed by atoms with van der Waals surface area (Å²) in [4.78, 5) is 43.8. The second-order valence-corrected chi connectivity index (χ2v) is 13.3. The highest BCUT2D eigenvalue weighted by Crippen LogP contribution is 2.37. The first-order chi connectivity index (χ1) is 22.6. The van der Waals surface area contributed by atoms with Gasteiger partial charge < -0.3 is 40.4 Å². The van der Waals surface area contributed by atoms with Crippen molar-refractivity contribution >= 4 is 40.0 Å². The average Bonchev–Trinajstić information content (AvgIpc) is 3.66. The van der Waals surface area contributed by atoms with E-state index in [-0.39, 0.29) is 35.2 Å². The summed E-state index contributed by atoms with van der Waals surface area (Å²) in [7, 11) is 3.37. The summed E-state index contributed by atoms with van der Waals surface area (Å²) in [6, 6.07) is 9.37. The standard InChI is InChI=1S/C35H46ClN5O6/c1-40(34(46)13-15-41-20-22-6-5-7-23(22)21-41)14-4-3-8-32(44)38-28-17-31(47-2)24(16-27(28)36)18-37-19-30(43)25-9-11-29(42)35-26(25)10-12-33(45)39-35/h9-12,16-17,22-23,30,37,42-43H,3-8,13-15,18-21H2,1-2H3,(H,38,44)(H,39,45)/t22?,23?,30-/m0/s1. The van der Waals surface area contributed by atoms with Crippen LogP contribution in [0.15, 0.2) is 41.2 Å². The summed E-state index contributed by atoms with van der Waals surface area (Å²) in [5.74, 6) is 2.11. The molecular formula is C35H46ClN5O6. The van der Waals surface area contributed by atoms with Gasteiger partial charge in [0.2, 0.25) is 17.4 Å². The number of rotatable bonds is 15. The predicted molar refractivity (Wildman–Crippen MR) is 183 cm³/mol. The molecule has 2 aliphatic rings. The van der Waals surface area contributed by atoms with Crippen molar-refractivity contribution in [3.63, 3.8) is 0 Å². The van der Waals surface area contributed by atoms with Crippen molar-refractivity contribution in [3.8, 4) is 11.5 Å². The van der Waals surface area contributed by atoms with Crippen LogP contribution in [0.1, 0.15) is 62.2 Å². The number of anilines is 1. The summed E-state index contributed by atoms with van der Waals surface area (Å²) in [5.41, 5.74) is 1.67. The number of hydrogen-bond acceptors (Lipinski definition) is 8. The summed E-state index contributed by atoms with van der Waals surface area (Å²) < 4.78 is 5.55. The van der Waals surface area contributed by atoms with Crippen LogP contribution in [0.3, 0.4) is 0 Å². The van der Waals surface area contributed by atoms with E-state index in [9.17, 15) is 24.6 Å². The molecule has 2 amide bonds. The van der Waals surface area contributed by atoms with Gasteiger partial charge in [0, 0.05) is 82.2 Å². The minimum Gasteiger partial charge on any atom is -0.506 e. The van der Waals surface area contributed by atoms with E-state index in [1.54, 1.807) is 29.2 Å². The fourth-order valence-corrected chi connectivity index (χ4v) is 7.19. The number of methoxy groups -OCH3 is 1. The van der Waals surface area contributed by atoms with Gasteiger partial charge in [-0.2, -0.15) is 0 Å². The lowest BCUT2D eigenvalue weighted by Crippen LogP contribution is -2.32. The molecule has 0 spiro atoms. The zero-order chi connectivity index (χ0) is 33.5. The number of hydrogen-bond donors (Lipinski definition) is 5. The number of aromatic hydroxyl groups is 1. The van der Waals surface area contributed by atoms with Crippen LogP contribution in [0.25, 0.3) is 10.9 Å². The molecule has 47 heavy (non-hydrogen) atoms. The number of phenols is 1. The maximum absolute atomic E-state index is 12.7. The Morgan fingerprint density at radius 1 is 1.13 bits per heavy atom. The smallest absolute Gasteiger partial charge is 0.248 e. The number of aromatic nitrogens is 1. The Morgan fingerprint density at radius 3 is 2.64 bits per heavy atom. The Hall–Kier alpha value is -3.64. The van der Waals surface area contributed by atoms with Gasteiger partial charge in [0.25, 0.3) is 0 Å². The highest BCUT2D eigenvalue weighted by Gasteiger charge is 2.35. The third-order valence-corrected chi connectivity index (χ3v) is 9.89. The van der Waals surface area contributed by atoms with Crippen LogP contribution in [0.4, 0.5) is 5.69 Å². The fraction of sp³-hybridized carbons (Fsp3) is 0.514. The maximum Gasteiger partial charge on any atom is 0.248 e. The number of carbonyl (C=O) groups is 2. The number of aliphatic hydroxyl groups is 1. The summed E-state index contributed by atoms with van der Waals surface area (Å²) in [6.07, 6.45) is 5.34. The van der Waals surface area contributed by atoms with Crippen LogP contribution < -0.4 is 20.9 Å². The first-order valence-electron chi connectivity index (χ1n) is 16.5. The number of unbranched alkanes of at least 4 members (excludes halogenated alkanes) is 1. The van der Waals surface area contributed by atoms with Gasteiger partial charge in [0.05, 0.1) is 29.4 Å². The number of H-pyrrole nitrogens is 1. The molecule has 5 N–H and O–H groups in total. The summed E-state index contributed by atoms with van der Waals surface area (Å²) in [6.45, 7) is 4.24. The number of benzene rings is 2. The number of ether oxygens (including phenoxy) is 1. The SMILES string of the molecule is COc1cc(NC(=O)CCCCN(C)C(=O)CCN2CC3CCCC3C2)c(Cl)cc1CNC[C@H](O)c1ccc(O)c2[nH]c(=O)ccc12. The van der Waals surface area contributed by atoms with Crippen molar-refractivity contribution in [1.29, 1.82) is 0 Å². The van der Waals surface area contributed by atoms with Gasteiger partial charge in [-0.25, -0.2) is 0 Å². The van der Waals surface area contributed by atoms with Crippen molar-refractivity contribution in [2.24, 2.45) is 11.8 Å². The van der Waals surface area contributed by atoms with Crippen LogP contribution in [-0.4, -0.2) is 83.7 Å². The van der Waals surface area contributed by atoms with E-state index in [0.29, 0.717) is 59.8 Å². The molecule has 0 radical (unpaired) electrons. The van der Waals surface area contributed by atoms with E-state index in [4.69, 9.17) is 16.3 Å². The zero-order valence-electron chi connectivity index (χ0n) is 27.2. The van der Waals surface area contributed by atoms with Crippen molar-refractivity contribution in [1.82, 2.24) is 20.1 Å². The lowest BCUT2D eigenvalue weighted by Gasteiger charge is -2.20. The largest absolute Gasteiger partial charge is 0.506 e. The van der Waals surface area contributed by atoms with Gasteiger partial charge >= 0.3 is 0 Å². The lowest BCUT2D eigenvalue weighted by atomic mass is 10.0. The number of amides is 2. The van der Waals surface area contributed by atoms with Crippen LogP contribution >= 0.6 is 11.6 Å². The topological polar surface area (TPSA) is 147 Å². The van der Waals surface area contributed by atoms with Gasteiger partial charge in [0.1, 0.15) is 11.5 Å². The number of nitrogens with zero attached hydrogens (tertiary/aromatic N) is 2. The molecule has 0 bridgehead atoms. The van der Waals surface area contributed by atoms with Gasteiger partial charge in [0.15, 0.2) is 0 Å². The van der Waals surface area contributed by atoms with Crippen molar-refractivity contribution in [2.75, 3.05) is 52.2 Å². The lowest BCUT2D eigenvalue weighted by molar-refractivity contribution is -0.130. The number of pyridine rings is 1. The molecule has 1 saturated heterocycles.